The van der Waals surface area contributed by atoms with Crippen LogP contribution in [-0.4, -0.2) is 28.3 Å². The van der Waals surface area contributed by atoms with Crippen molar-refractivity contribution in [1.82, 2.24) is 5.32 Å². The van der Waals surface area contributed by atoms with E-state index in [0.29, 0.717) is 12.8 Å². The average Bonchev–Trinajstić information content (AvgIpc) is 2.34. The molecule has 0 fully saturated rings. The van der Waals surface area contributed by atoms with Crippen molar-refractivity contribution >= 4 is 12.1 Å². The largest absolute Gasteiger partial charge is 0.481 e. The number of alkyl carbamates (subject to hydrolysis) is 1. The van der Waals surface area contributed by atoms with E-state index in [1.54, 1.807) is 20.8 Å². The van der Waals surface area contributed by atoms with Crippen molar-refractivity contribution < 1.29 is 19.4 Å². The maximum atomic E-state index is 12.1. The molecule has 1 atom stereocenters. The Morgan fingerprint density at radius 1 is 1.27 bits per heavy atom. The lowest BCUT2D eigenvalue weighted by atomic mass is 9.76. The first-order valence-electron chi connectivity index (χ1n) is 7.49. The predicted molar refractivity (Wildman–Crippen MR) is 82.8 cm³/mol. The first-order valence-corrected chi connectivity index (χ1v) is 7.49. The predicted octanol–water partition coefficient (Wildman–Crippen LogP) is 2.91. The van der Waals surface area contributed by atoms with E-state index in [1.807, 2.05) is 24.3 Å². The molecule has 0 heterocycles. The van der Waals surface area contributed by atoms with Crippen LogP contribution < -0.4 is 5.32 Å². The number of nitrogens with one attached hydrogen (secondary N) is 1. The Bertz CT molecular complexity index is 576. The third kappa shape index (κ3) is 4.23. The summed E-state index contributed by atoms with van der Waals surface area (Å²) in [5.74, 6) is -0.921. The van der Waals surface area contributed by atoms with Gasteiger partial charge in [0.1, 0.15) is 5.60 Å². The molecule has 5 heteroatoms. The van der Waals surface area contributed by atoms with Gasteiger partial charge >= 0.3 is 12.1 Å². The molecule has 1 aromatic carbocycles. The Hall–Kier alpha value is -2.04. The second-order valence-electron chi connectivity index (χ2n) is 6.92. The van der Waals surface area contributed by atoms with Gasteiger partial charge in [0, 0.05) is 0 Å². The normalized spacial score (nSPS) is 20.9. The van der Waals surface area contributed by atoms with Crippen molar-refractivity contribution in [3.05, 3.63) is 35.4 Å². The van der Waals surface area contributed by atoms with Crippen molar-refractivity contribution in [3.63, 3.8) is 0 Å². The van der Waals surface area contributed by atoms with Crippen LogP contribution in [-0.2, 0) is 22.4 Å². The van der Waals surface area contributed by atoms with Crippen LogP contribution in [0.4, 0.5) is 4.79 Å². The van der Waals surface area contributed by atoms with Gasteiger partial charge in [-0.25, -0.2) is 4.79 Å². The summed E-state index contributed by atoms with van der Waals surface area (Å²) in [5.41, 5.74) is 0.907. The highest BCUT2D eigenvalue weighted by Crippen LogP contribution is 2.31. The number of aryl methyl sites for hydroxylation is 1. The van der Waals surface area contributed by atoms with Crippen LogP contribution in [0.2, 0.25) is 0 Å². The summed E-state index contributed by atoms with van der Waals surface area (Å²) in [4.78, 5) is 23.4. The fraction of sp³-hybridized carbons (Fsp3) is 0.529. The van der Waals surface area contributed by atoms with Gasteiger partial charge in [0.15, 0.2) is 0 Å². The van der Waals surface area contributed by atoms with Crippen molar-refractivity contribution in [2.75, 3.05) is 0 Å². The Balaban J connectivity index is 2.20. The fourth-order valence-electron chi connectivity index (χ4n) is 2.91. The molecule has 0 spiro atoms. The first-order chi connectivity index (χ1) is 10.2. The lowest BCUT2D eigenvalue weighted by Gasteiger charge is -2.38. The Labute approximate surface area is 130 Å². The molecule has 5 nitrogen and oxygen atoms in total. The van der Waals surface area contributed by atoms with Gasteiger partial charge in [-0.2, -0.15) is 0 Å². The van der Waals surface area contributed by atoms with Crippen molar-refractivity contribution in [1.29, 1.82) is 0 Å². The lowest BCUT2D eigenvalue weighted by molar-refractivity contribution is -0.138. The van der Waals surface area contributed by atoms with E-state index in [1.165, 1.54) is 5.56 Å². The van der Waals surface area contributed by atoms with Crippen molar-refractivity contribution in [2.45, 2.75) is 57.6 Å². The monoisotopic (exact) mass is 305 g/mol. The number of hydrogen-bond donors (Lipinski definition) is 2. The molecule has 0 radical (unpaired) electrons. The number of hydrogen-bond acceptors (Lipinski definition) is 3. The summed E-state index contributed by atoms with van der Waals surface area (Å²) in [5, 5.41) is 12.1. The zero-order chi connectivity index (χ0) is 16.4. The van der Waals surface area contributed by atoms with E-state index in [2.05, 4.69) is 5.32 Å². The van der Waals surface area contributed by atoms with E-state index in [0.717, 1.165) is 12.0 Å². The molecule has 1 amide bonds. The number of carbonyl (C=O) groups excluding carboxylic acids is 1. The van der Waals surface area contributed by atoms with Gasteiger partial charge in [0.25, 0.3) is 0 Å². The summed E-state index contributed by atoms with van der Waals surface area (Å²) in [6.07, 6.45) is 1.18. The maximum Gasteiger partial charge on any atom is 0.408 e. The second kappa shape index (κ2) is 5.99. The number of benzene rings is 1. The Kier molecular flexibility index (Phi) is 4.44. The van der Waals surface area contributed by atoms with Gasteiger partial charge in [-0.05, 0) is 51.2 Å². The van der Waals surface area contributed by atoms with Crippen molar-refractivity contribution in [2.24, 2.45) is 0 Å². The highest BCUT2D eigenvalue weighted by atomic mass is 16.6. The van der Waals surface area contributed by atoms with Crippen LogP contribution in [0.5, 0.6) is 0 Å². The topological polar surface area (TPSA) is 75.6 Å². The molecular formula is C17H23NO4. The molecule has 0 aromatic heterocycles. The van der Waals surface area contributed by atoms with E-state index < -0.39 is 23.2 Å². The number of fused-ring (bicyclic) bond motifs is 1. The SMILES string of the molecule is CC(C)(C)OC(=O)NC1(CC(=O)O)CCc2ccccc2C1. The third-order valence-corrected chi connectivity index (χ3v) is 3.78. The maximum absolute atomic E-state index is 12.1. The van der Waals surface area contributed by atoms with Gasteiger partial charge in [-0.1, -0.05) is 24.3 Å². The van der Waals surface area contributed by atoms with Gasteiger partial charge < -0.3 is 15.2 Å². The zero-order valence-electron chi connectivity index (χ0n) is 13.3. The minimum Gasteiger partial charge on any atom is -0.481 e. The third-order valence-electron chi connectivity index (χ3n) is 3.78. The van der Waals surface area contributed by atoms with Crippen LogP contribution in [0, 0.1) is 0 Å². The van der Waals surface area contributed by atoms with E-state index >= 15 is 0 Å². The second-order valence-corrected chi connectivity index (χ2v) is 6.92. The summed E-state index contributed by atoms with van der Waals surface area (Å²) in [6.45, 7) is 5.35. The molecule has 22 heavy (non-hydrogen) atoms. The van der Waals surface area contributed by atoms with Gasteiger partial charge in [-0.3, -0.25) is 4.79 Å². The van der Waals surface area contributed by atoms with Crippen molar-refractivity contribution in [3.8, 4) is 0 Å². The molecule has 0 saturated carbocycles. The van der Waals surface area contributed by atoms with Crippen LogP contribution in [0.15, 0.2) is 24.3 Å². The summed E-state index contributed by atoms with van der Waals surface area (Å²) >= 11 is 0. The molecule has 0 aliphatic heterocycles. The summed E-state index contributed by atoms with van der Waals surface area (Å²) in [6, 6.07) is 7.95. The zero-order valence-corrected chi connectivity index (χ0v) is 13.3. The Morgan fingerprint density at radius 3 is 2.50 bits per heavy atom. The molecular weight excluding hydrogens is 282 g/mol. The number of aliphatic carboxylic acids is 1. The molecule has 0 saturated heterocycles. The van der Waals surface area contributed by atoms with E-state index in [4.69, 9.17) is 4.74 Å². The molecule has 1 unspecified atom stereocenters. The molecule has 1 aliphatic rings. The van der Waals surface area contributed by atoms with Gasteiger partial charge in [0.05, 0.1) is 12.0 Å². The molecule has 0 bridgehead atoms. The standard InChI is InChI=1S/C17H23NO4/c1-16(2,3)22-15(21)18-17(11-14(19)20)9-8-12-6-4-5-7-13(12)10-17/h4-7H,8-11H2,1-3H3,(H,18,21)(H,19,20). The quantitative estimate of drug-likeness (QED) is 0.900. The minimum atomic E-state index is -0.921. The number of carboxylic acids is 1. The average molecular weight is 305 g/mol. The summed E-state index contributed by atoms with van der Waals surface area (Å²) < 4.78 is 5.29. The van der Waals surface area contributed by atoms with Gasteiger partial charge in [-0.15, -0.1) is 0 Å². The van der Waals surface area contributed by atoms with Gasteiger partial charge in [0.2, 0.25) is 0 Å². The Morgan fingerprint density at radius 2 is 1.91 bits per heavy atom. The number of carboxylic acid groups (broad SMARTS) is 1. The molecule has 1 aliphatic carbocycles. The highest BCUT2D eigenvalue weighted by molar-refractivity contribution is 5.73. The fourth-order valence-corrected chi connectivity index (χ4v) is 2.91. The van der Waals surface area contributed by atoms with Crippen LogP contribution in [0.1, 0.15) is 44.7 Å². The van der Waals surface area contributed by atoms with Crippen LogP contribution >= 0.6 is 0 Å². The number of ether oxygens (including phenoxy) is 1. The smallest absolute Gasteiger partial charge is 0.408 e. The minimum absolute atomic E-state index is 0.111. The lowest BCUT2D eigenvalue weighted by Crippen LogP contribution is -2.54. The summed E-state index contributed by atoms with van der Waals surface area (Å²) in [7, 11) is 0. The molecule has 2 N–H and O–H groups in total. The number of rotatable bonds is 3. The first kappa shape index (κ1) is 16.3. The number of amides is 1. The molecule has 2 rings (SSSR count). The van der Waals surface area contributed by atoms with E-state index in [-0.39, 0.29) is 6.42 Å². The molecule has 1 aromatic rings. The van der Waals surface area contributed by atoms with Crippen LogP contribution in [0.3, 0.4) is 0 Å². The molecule has 120 valence electrons. The number of carbonyl (C=O) groups is 2. The van der Waals surface area contributed by atoms with E-state index in [9.17, 15) is 14.7 Å². The highest BCUT2D eigenvalue weighted by Gasteiger charge is 2.39. The van der Waals surface area contributed by atoms with Crippen LogP contribution in [0.25, 0.3) is 0 Å².